The van der Waals surface area contributed by atoms with Crippen molar-refractivity contribution in [2.75, 3.05) is 0 Å². The van der Waals surface area contributed by atoms with Gasteiger partial charge in [0.05, 0.1) is 0 Å². The van der Waals surface area contributed by atoms with Crippen molar-refractivity contribution < 1.29 is 9.90 Å². The molecule has 104 valence electrons. The summed E-state index contributed by atoms with van der Waals surface area (Å²) in [6, 6.07) is 8.53. The lowest BCUT2D eigenvalue weighted by molar-refractivity contribution is -0.141. The Kier molecular flexibility index (Phi) is 4.25. The molecule has 0 radical (unpaired) electrons. The van der Waals surface area contributed by atoms with Crippen LogP contribution >= 0.6 is 0 Å². The molecule has 0 bridgehead atoms. The fourth-order valence-electron chi connectivity index (χ4n) is 2.75. The van der Waals surface area contributed by atoms with Crippen LogP contribution in [0.15, 0.2) is 24.3 Å². The number of aliphatic carboxylic acids is 1. The van der Waals surface area contributed by atoms with E-state index in [1.807, 2.05) is 13.8 Å². The Morgan fingerprint density at radius 3 is 2.58 bits per heavy atom. The summed E-state index contributed by atoms with van der Waals surface area (Å²) in [5.41, 5.74) is 2.67. The summed E-state index contributed by atoms with van der Waals surface area (Å²) in [6.07, 6.45) is 2.08. The highest BCUT2D eigenvalue weighted by atomic mass is 16.4. The summed E-state index contributed by atoms with van der Waals surface area (Å²) in [7, 11) is 0. The lowest BCUT2D eigenvalue weighted by Crippen LogP contribution is -2.50. The van der Waals surface area contributed by atoms with Crippen LogP contribution in [0.5, 0.6) is 0 Å². The van der Waals surface area contributed by atoms with Gasteiger partial charge >= 0.3 is 5.97 Å². The molecule has 1 unspecified atom stereocenters. The molecule has 0 amide bonds. The largest absolute Gasteiger partial charge is 0.480 e. The predicted molar refractivity (Wildman–Crippen MR) is 76.3 cm³/mol. The summed E-state index contributed by atoms with van der Waals surface area (Å²) in [5.74, 6) is -0.0384. The minimum Gasteiger partial charge on any atom is -0.480 e. The van der Waals surface area contributed by atoms with Crippen molar-refractivity contribution in [1.82, 2.24) is 5.32 Å². The fourth-order valence-corrected chi connectivity index (χ4v) is 2.75. The van der Waals surface area contributed by atoms with Crippen LogP contribution in [-0.2, 0) is 4.79 Å². The fraction of sp³-hybridized carbons (Fsp3) is 0.562. The molecule has 1 saturated carbocycles. The number of benzene rings is 1. The van der Waals surface area contributed by atoms with Crippen LogP contribution in [0.2, 0.25) is 0 Å². The summed E-state index contributed by atoms with van der Waals surface area (Å²) in [4.78, 5) is 11.2. The van der Waals surface area contributed by atoms with E-state index in [2.05, 4.69) is 36.5 Å². The highest BCUT2D eigenvalue weighted by Crippen LogP contribution is 2.37. The van der Waals surface area contributed by atoms with E-state index >= 15 is 0 Å². The van der Waals surface area contributed by atoms with Crippen LogP contribution in [0.3, 0.4) is 0 Å². The molecular weight excluding hydrogens is 238 g/mol. The molecule has 1 atom stereocenters. The first-order chi connectivity index (χ1) is 8.97. The zero-order chi connectivity index (χ0) is 14.0. The van der Waals surface area contributed by atoms with Gasteiger partial charge in [-0.05, 0) is 37.2 Å². The third-order valence-electron chi connectivity index (χ3n) is 4.00. The molecular formula is C16H23NO2. The maximum Gasteiger partial charge on any atom is 0.320 e. The van der Waals surface area contributed by atoms with Crippen LogP contribution in [0, 0.1) is 12.8 Å². The SMILES string of the molecule is Cc1cccc(C2CC(NC(C(=O)O)C(C)C)C2)c1. The molecule has 1 aliphatic rings. The number of carboxylic acid groups (broad SMARTS) is 1. The Balaban J connectivity index is 1.88. The molecule has 3 nitrogen and oxygen atoms in total. The Morgan fingerprint density at radius 2 is 2.05 bits per heavy atom. The Morgan fingerprint density at radius 1 is 1.37 bits per heavy atom. The van der Waals surface area contributed by atoms with Gasteiger partial charge in [-0.15, -0.1) is 0 Å². The smallest absolute Gasteiger partial charge is 0.320 e. The average molecular weight is 261 g/mol. The zero-order valence-electron chi connectivity index (χ0n) is 11.9. The van der Waals surface area contributed by atoms with Gasteiger partial charge in [0.2, 0.25) is 0 Å². The second-order valence-corrected chi connectivity index (χ2v) is 6.01. The second kappa shape index (κ2) is 5.74. The molecule has 0 aliphatic heterocycles. The Labute approximate surface area is 115 Å². The van der Waals surface area contributed by atoms with Crippen LogP contribution in [0.1, 0.15) is 43.7 Å². The lowest BCUT2D eigenvalue weighted by atomic mass is 9.75. The predicted octanol–water partition coefficient (Wildman–Crippen LogP) is 2.94. The van der Waals surface area contributed by atoms with Gasteiger partial charge in [0, 0.05) is 6.04 Å². The van der Waals surface area contributed by atoms with E-state index < -0.39 is 12.0 Å². The van der Waals surface area contributed by atoms with Crippen molar-refractivity contribution in [3.8, 4) is 0 Å². The van der Waals surface area contributed by atoms with Gasteiger partial charge in [0.25, 0.3) is 0 Å². The zero-order valence-corrected chi connectivity index (χ0v) is 11.9. The van der Waals surface area contributed by atoms with Gasteiger partial charge in [0.1, 0.15) is 6.04 Å². The summed E-state index contributed by atoms with van der Waals surface area (Å²) < 4.78 is 0. The number of rotatable bonds is 5. The minimum absolute atomic E-state index is 0.121. The molecule has 0 heterocycles. The Bertz CT molecular complexity index is 450. The lowest BCUT2D eigenvalue weighted by Gasteiger charge is -2.38. The van der Waals surface area contributed by atoms with Crippen molar-refractivity contribution >= 4 is 5.97 Å². The van der Waals surface area contributed by atoms with E-state index in [4.69, 9.17) is 5.11 Å². The van der Waals surface area contributed by atoms with Crippen LogP contribution < -0.4 is 5.32 Å². The topological polar surface area (TPSA) is 49.3 Å². The van der Waals surface area contributed by atoms with Gasteiger partial charge in [-0.1, -0.05) is 43.7 Å². The van der Waals surface area contributed by atoms with Crippen LogP contribution in [-0.4, -0.2) is 23.2 Å². The number of hydrogen-bond donors (Lipinski definition) is 2. The van der Waals surface area contributed by atoms with Crippen molar-refractivity contribution in [2.24, 2.45) is 5.92 Å². The number of carbonyl (C=O) groups is 1. The normalized spacial score (nSPS) is 24.0. The summed E-state index contributed by atoms with van der Waals surface area (Å²) in [5, 5.41) is 12.4. The summed E-state index contributed by atoms with van der Waals surface area (Å²) >= 11 is 0. The first-order valence-electron chi connectivity index (χ1n) is 7.02. The van der Waals surface area contributed by atoms with Gasteiger partial charge in [-0.25, -0.2) is 0 Å². The van der Waals surface area contributed by atoms with Gasteiger partial charge < -0.3 is 10.4 Å². The molecule has 0 saturated heterocycles. The number of aryl methyl sites for hydroxylation is 1. The van der Waals surface area contributed by atoms with Crippen molar-refractivity contribution in [3.05, 3.63) is 35.4 Å². The van der Waals surface area contributed by atoms with Crippen LogP contribution in [0.25, 0.3) is 0 Å². The first-order valence-corrected chi connectivity index (χ1v) is 7.02. The number of nitrogens with one attached hydrogen (secondary N) is 1. The van der Waals surface area contributed by atoms with E-state index in [0.717, 1.165) is 12.8 Å². The molecule has 1 fully saturated rings. The molecule has 3 heteroatoms. The highest BCUT2D eigenvalue weighted by molar-refractivity contribution is 5.73. The minimum atomic E-state index is -0.742. The van der Waals surface area contributed by atoms with E-state index in [9.17, 15) is 4.79 Å². The van der Waals surface area contributed by atoms with Gasteiger partial charge in [0.15, 0.2) is 0 Å². The third-order valence-corrected chi connectivity index (χ3v) is 4.00. The molecule has 0 aromatic heterocycles. The van der Waals surface area contributed by atoms with E-state index in [1.54, 1.807) is 0 Å². The van der Waals surface area contributed by atoms with Crippen LogP contribution in [0.4, 0.5) is 0 Å². The van der Waals surface area contributed by atoms with Crippen molar-refractivity contribution in [1.29, 1.82) is 0 Å². The van der Waals surface area contributed by atoms with E-state index in [-0.39, 0.29) is 5.92 Å². The monoisotopic (exact) mass is 261 g/mol. The van der Waals surface area contributed by atoms with E-state index in [0.29, 0.717) is 12.0 Å². The highest BCUT2D eigenvalue weighted by Gasteiger charge is 2.34. The molecule has 19 heavy (non-hydrogen) atoms. The molecule has 1 aliphatic carbocycles. The maximum atomic E-state index is 11.2. The maximum absolute atomic E-state index is 11.2. The summed E-state index contributed by atoms with van der Waals surface area (Å²) in [6.45, 7) is 6.00. The quantitative estimate of drug-likeness (QED) is 0.856. The second-order valence-electron chi connectivity index (χ2n) is 6.01. The number of hydrogen-bond acceptors (Lipinski definition) is 2. The van der Waals surface area contributed by atoms with Crippen molar-refractivity contribution in [3.63, 3.8) is 0 Å². The van der Waals surface area contributed by atoms with E-state index in [1.165, 1.54) is 11.1 Å². The Hall–Kier alpha value is -1.35. The average Bonchev–Trinajstić information content (AvgIpc) is 2.26. The standard InChI is InChI=1S/C16H23NO2/c1-10(2)15(16(18)19)17-14-8-13(9-14)12-6-4-5-11(3)7-12/h4-7,10,13-15,17H,8-9H2,1-3H3,(H,18,19). The molecule has 2 rings (SSSR count). The van der Waals surface area contributed by atoms with Gasteiger partial charge in [-0.3, -0.25) is 4.79 Å². The number of carboxylic acids is 1. The van der Waals surface area contributed by atoms with Gasteiger partial charge in [-0.2, -0.15) is 0 Å². The molecule has 1 aromatic rings. The first kappa shape index (κ1) is 14.1. The van der Waals surface area contributed by atoms with Crippen molar-refractivity contribution in [2.45, 2.75) is 51.6 Å². The molecule has 0 spiro atoms. The molecule has 2 N–H and O–H groups in total. The third kappa shape index (κ3) is 3.35. The molecule has 1 aromatic carbocycles.